The van der Waals surface area contributed by atoms with Gasteiger partial charge in [-0.15, -0.1) is 0 Å². The predicted molar refractivity (Wildman–Crippen MR) is 65.1 cm³/mol. The molecule has 1 aliphatic heterocycles. The van der Waals surface area contributed by atoms with Gasteiger partial charge in [0.2, 0.25) is 0 Å². The average Bonchev–Trinajstić information content (AvgIpc) is 2.70. The molecule has 1 heterocycles. The van der Waals surface area contributed by atoms with Crippen molar-refractivity contribution in [2.24, 2.45) is 0 Å². The van der Waals surface area contributed by atoms with Crippen molar-refractivity contribution in [3.8, 4) is 5.75 Å². The summed E-state index contributed by atoms with van der Waals surface area (Å²) < 4.78 is 11.4. The number of ether oxygens (including phenoxy) is 2. The molecule has 2 heteroatoms. The van der Waals surface area contributed by atoms with E-state index in [1.165, 1.54) is 11.1 Å². The third-order valence-electron chi connectivity index (χ3n) is 2.97. The summed E-state index contributed by atoms with van der Waals surface area (Å²) in [6, 6.07) is 6.45. The first-order valence-electron chi connectivity index (χ1n) is 6.02. The van der Waals surface area contributed by atoms with Crippen LogP contribution in [0.3, 0.4) is 0 Å². The number of hydrogen-bond donors (Lipinski definition) is 0. The topological polar surface area (TPSA) is 18.5 Å². The molecule has 88 valence electrons. The van der Waals surface area contributed by atoms with E-state index in [2.05, 4.69) is 39.0 Å². The van der Waals surface area contributed by atoms with E-state index in [9.17, 15) is 0 Å². The highest BCUT2D eigenvalue weighted by Crippen LogP contribution is 2.29. The van der Waals surface area contributed by atoms with E-state index in [0.717, 1.165) is 25.4 Å². The minimum absolute atomic E-state index is 0.235. The summed E-state index contributed by atoms with van der Waals surface area (Å²) in [4.78, 5) is 0. The van der Waals surface area contributed by atoms with Gasteiger partial charge >= 0.3 is 0 Å². The van der Waals surface area contributed by atoms with Crippen molar-refractivity contribution in [3.63, 3.8) is 0 Å². The van der Waals surface area contributed by atoms with Gasteiger partial charge in [0.15, 0.2) is 0 Å². The van der Waals surface area contributed by atoms with Crippen LogP contribution in [0.15, 0.2) is 18.2 Å². The SMILES string of the molecule is Cc1ccc(C(C)C)c(OC2CCOC2)c1. The normalized spacial score (nSPS) is 20.4. The van der Waals surface area contributed by atoms with Crippen LogP contribution in [0.4, 0.5) is 0 Å². The van der Waals surface area contributed by atoms with Crippen LogP contribution < -0.4 is 4.74 Å². The van der Waals surface area contributed by atoms with Crippen LogP contribution in [0.25, 0.3) is 0 Å². The monoisotopic (exact) mass is 220 g/mol. The van der Waals surface area contributed by atoms with Crippen molar-refractivity contribution in [1.29, 1.82) is 0 Å². The fraction of sp³-hybridized carbons (Fsp3) is 0.571. The lowest BCUT2D eigenvalue weighted by molar-refractivity contribution is 0.140. The third kappa shape index (κ3) is 2.56. The Balaban J connectivity index is 2.19. The Kier molecular flexibility index (Phi) is 3.49. The van der Waals surface area contributed by atoms with Gasteiger partial charge in [-0.2, -0.15) is 0 Å². The maximum absolute atomic E-state index is 6.02. The van der Waals surface area contributed by atoms with Crippen molar-refractivity contribution in [2.75, 3.05) is 13.2 Å². The Morgan fingerprint density at radius 2 is 2.19 bits per heavy atom. The molecule has 1 aromatic rings. The molecule has 0 bridgehead atoms. The van der Waals surface area contributed by atoms with Gasteiger partial charge in [-0.05, 0) is 30.0 Å². The molecule has 1 fully saturated rings. The summed E-state index contributed by atoms with van der Waals surface area (Å²) in [5.41, 5.74) is 2.54. The van der Waals surface area contributed by atoms with Gasteiger partial charge in [-0.3, -0.25) is 0 Å². The molecular weight excluding hydrogens is 200 g/mol. The first kappa shape index (κ1) is 11.5. The van der Waals surface area contributed by atoms with Crippen molar-refractivity contribution < 1.29 is 9.47 Å². The van der Waals surface area contributed by atoms with Crippen LogP contribution in [0.2, 0.25) is 0 Å². The lowest BCUT2D eigenvalue weighted by Gasteiger charge is -2.18. The zero-order valence-electron chi connectivity index (χ0n) is 10.3. The molecule has 1 saturated heterocycles. The quantitative estimate of drug-likeness (QED) is 0.778. The second kappa shape index (κ2) is 4.88. The minimum Gasteiger partial charge on any atom is -0.488 e. The van der Waals surface area contributed by atoms with E-state index in [4.69, 9.17) is 9.47 Å². The highest BCUT2D eigenvalue weighted by atomic mass is 16.5. The second-order valence-electron chi connectivity index (χ2n) is 4.80. The molecule has 0 radical (unpaired) electrons. The lowest BCUT2D eigenvalue weighted by Crippen LogP contribution is -2.16. The van der Waals surface area contributed by atoms with Gasteiger partial charge in [-0.25, -0.2) is 0 Å². The van der Waals surface area contributed by atoms with Crippen LogP contribution >= 0.6 is 0 Å². The Bertz CT molecular complexity index is 352. The summed E-state index contributed by atoms with van der Waals surface area (Å²) in [6.07, 6.45) is 1.24. The maximum Gasteiger partial charge on any atom is 0.124 e. The molecule has 0 spiro atoms. The first-order chi connectivity index (χ1) is 7.66. The van der Waals surface area contributed by atoms with Gasteiger partial charge < -0.3 is 9.47 Å². The van der Waals surface area contributed by atoms with Crippen molar-refractivity contribution in [3.05, 3.63) is 29.3 Å². The Labute approximate surface area is 97.6 Å². The van der Waals surface area contributed by atoms with Crippen LogP contribution in [-0.2, 0) is 4.74 Å². The fourth-order valence-electron chi connectivity index (χ4n) is 2.01. The molecule has 0 amide bonds. The highest BCUT2D eigenvalue weighted by Gasteiger charge is 2.19. The Hall–Kier alpha value is -1.02. The van der Waals surface area contributed by atoms with E-state index in [1.807, 2.05) is 0 Å². The number of rotatable bonds is 3. The van der Waals surface area contributed by atoms with Crippen molar-refractivity contribution in [2.45, 2.75) is 39.2 Å². The molecule has 16 heavy (non-hydrogen) atoms. The van der Waals surface area contributed by atoms with Crippen LogP contribution in [-0.4, -0.2) is 19.3 Å². The zero-order valence-corrected chi connectivity index (χ0v) is 10.3. The molecule has 1 unspecified atom stereocenters. The van der Waals surface area contributed by atoms with E-state index in [0.29, 0.717) is 5.92 Å². The van der Waals surface area contributed by atoms with Crippen molar-refractivity contribution in [1.82, 2.24) is 0 Å². The summed E-state index contributed by atoms with van der Waals surface area (Å²) in [5.74, 6) is 1.53. The van der Waals surface area contributed by atoms with Crippen LogP contribution in [0.1, 0.15) is 37.3 Å². The molecule has 1 aromatic carbocycles. The number of benzene rings is 1. The molecule has 0 saturated carbocycles. The summed E-state index contributed by atoms with van der Waals surface area (Å²) in [7, 11) is 0. The van der Waals surface area contributed by atoms with Gasteiger partial charge in [0.1, 0.15) is 11.9 Å². The fourth-order valence-corrected chi connectivity index (χ4v) is 2.01. The van der Waals surface area contributed by atoms with Gasteiger partial charge in [0.05, 0.1) is 13.2 Å². The van der Waals surface area contributed by atoms with Gasteiger partial charge in [0.25, 0.3) is 0 Å². The summed E-state index contributed by atoms with van der Waals surface area (Å²) in [6.45, 7) is 8.05. The standard InChI is InChI=1S/C14H20O2/c1-10(2)13-5-4-11(3)8-14(13)16-12-6-7-15-9-12/h4-5,8,10,12H,6-7,9H2,1-3H3. The molecular formula is C14H20O2. The van der Waals surface area contributed by atoms with E-state index in [-0.39, 0.29) is 6.10 Å². The van der Waals surface area contributed by atoms with Crippen LogP contribution in [0, 0.1) is 6.92 Å². The van der Waals surface area contributed by atoms with E-state index >= 15 is 0 Å². The van der Waals surface area contributed by atoms with Crippen molar-refractivity contribution >= 4 is 0 Å². The second-order valence-corrected chi connectivity index (χ2v) is 4.80. The summed E-state index contributed by atoms with van der Waals surface area (Å²) in [5, 5.41) is 0. The highest BCUT2D eigenvalue weighted by molar-refractivity contribution is 5.39. The average molecular weight is 220 g/mol. The first-order valence-corrected chi connectivity index (χ1v) is 6.02. The zero-order chi connectivity index (χ0) is 11.5. The van der Waals surface area contributed by atoms with Gasteiger partial charge in [-0.1, -0.05) is 26.0 Å². The van der Waals surface area contributed by atoms with E-state index < -0.39 is 0 Å². The minimum atomic E-state index is 0.235. The number of hydrogen-bond acceptors (Lipinski definition) is 2. The summed E-state index contributed by atoms with van der Waals surface area (Å²) >= 11 is 0. The molecule has 1 aliphatic rings. The molecule has 2 rings (SSSR count). The smallest absolute Gasteiger partial charge is 0.124 e. The maximum atomic E-state index is 6.02. The van der Waals surface area contributed by atoms with E-state index in [1.54, 1.807) is 0 Å². The van der Waals surface area contributed by atoms with Crippen LogP contribution in [0.5, 0.6) is 5.75 Å². The van der Waals surface area contributed by atoms with Gasteiger partial charge in [0, 0.05) is 6.42 Å². The lowest BCUT2D eigenvalue weighted by atomic mass is 10.0. The molecule has 2 nitrogen and oxygen atoms in total. The predicted octanol–water partition coefficient (Wildman–Crippen LogP) is 3.29. The molecule has 0 aromatic heterocycles. The molecule has 0 aliphatic carbocycles. The third-order valence-corrected chi connectivity index (χ3v) is 2.97. The number of aryl methyl sites for hydroxylation is 1. The molecule has 1 atom stereocenters. The molecule has 0 N–H and O–H groups in total. The Morgan fingerprint density at radius 3 is 2.81 bits per heavy atom. The Morgan fingerprint density at radius 1 is 1.38 bits per heavy atom. The largest absolute Gasteiger partial charge is 0.488 e.